The first-order chi connectivity index (χ1) is 11.3. The number of rotatable bonds is 4. The summed E-state index contributed by atoms with van der Waals surface area (Å²) in [4.78, 5) is 4.09. The summed E-state index contributed by atoms with van der Waals surface area (Å²) in [6, 6.07) is 16.1. The number of hydrogen-bond donors (Lipinski definition) is 4. The molecule has 0 fully saturated rings. The van der Waals surface area contributed by atoms with Gasteiger partial charge in [0.1, 0.15) is 0 Å². The van der Waals surface area contributed by atoms with Gasteiger partial charge in [-0.25, -0.2) is 50.5 Å². The number of thiol groups is 4. The van der Waals surface area contributed by atoms with Crippen LogP contribution in [-0.2, 0) is 16.5 Å². The quantitative estimate of drug-likeness (QED) is 0.296. The molecule has 0 atom stereocenters. The van der Waals surface area contributed by atoms with Gasteiger partial charge in [0, 0.05) is 0 Å². The molecule has 0 amide bonds. The van der Waals surface area contributed by atoms with Crippen molar-refractivity contribution in [1.82, 2.24) is 0 Å². The normalized spacial score (nSPS) is 9.28. The third-order valence-corrected chi connectivity index (χ3v) is 4.22. The van der Waals surface area contributed by atoms with Crippen LogP contribution in [0.15, 0.2) is 48.5 Å². The molecule has 0 unspecified atom stereocenters. The molecule has 0 saturated carbocycles. The van der Waals surface area contributed by atoms with E-state index in [-0.39, 0.29) is 16.5 Å². The van der Waals surface area contributed by atoms with E-state index in [1.807, 2.05) is 86.5 Å². The second-order valence-electron chi connectivity index (χ2n) is 5.47. The molecule has 0 aliphatic heterocycles. The molecule has 0 aliphatic carbocycles. The van der Waals surface area contributed by atoms with E-state index >= 15 is 0 Å². The molecule has 0 spiro atoms. The van der Waals surface area contributed by atoms with E-state index in [2.05, 4.69) is 50.5 Å². The molecule has 25 heavy (non-hydrogen) atoms. The molecule has 2 nitrogen and oxygen atoms in total. The molecular weight excluding hydrogens is 431 g/mol. The van der Waals surface area contributed by atoms with E-state index in [1.165, 1.54) is 0 Å². The first-order valence-electron chi connectivity index (χ1n) is 7.29. The number of anilines is 2. The number of nitrogens with zero attached hydrogens (tertiary/aromatic N) is 2. The van der Waals surface area contributed by atoms with Crippen molar-refractivity contribution in [1.29, 1.82) is 0 Å². The molecule has 0 bridgehead atoms. The van der Waals surface area contributed by atoms with E-state index in [9.17, 15) is 0 Å². The third kappa shape index (κ3) is 7.84. The van der Waals surface area contributed by atoms with Gasteiger partial charge in [0.2, 0.25) is 0 Å². The van der Waals surface area contributed by atoms with Gasteiger partial charge in [-0.2, -0.15) is 12.1 Å². The van der Waals surface area contributed by atoms with Gasteiger partial charge in [-0.05, 0) is 28.2 Å². The van der Waals surface area contributed by atoms with Gasteiger partial charge in [0.05, 0.1) is 0 Å². The summed E-state index contributed by atoms with van der Waals surface area (Å²) in [5.74, 6) is 0. The van der Waals surface area contributed by atoms with Crippen molar-refractivity contribution in [3.05, 3.63) is 68.8 Å². The number of hydrogen-bond acceptors (Lipinski definition) is 6. The van der Waals surface area contributed by atoms with E-state index in [0.29, 0.717) is 0 Å². The summed E-state index contributed by atoms with van der Waals surface area (Å²) in [5.41, 5.74) is 4.40. The fourth-order valence-corrected chi connectivity index (χ4v) is 2.86. The van der Waals surface area contributed by atoms with E-state index in [4.69, 9.17) is 0 Å². The summed E-state index contributed by atoms with van der Waals surface area (Å²) >= 11 is 16.8. The van der Waals surface area contributed by atoms with Crippen LogP contribution in [0.25, 0.3) is 0 Å². The average Bonchev–Trinajstić information content (AvgIpc) is 2.55. The van der Waals surface area contributed by atoms with Gasteiger partial charge < -0.3 is 9.80 Å². The van der Waals surface area contributed by atoms with Crippen LogP contribution in [0.4, 0.5) is 11.4 Å². The SMILES string of the molecule is CN(C)c1ccccc1[C-](S)S.CN(C)c1ccccc1[C-](S)S.[Ni+2]. The molecule has 0 N–H and O–H groups in total. The Morgan fingerprint density at radius 1 is 0.600 bits per heavy atom. The van der Waals surface area contributed by atoms with Crippen LogP contribution in [0.5, 0.6) is 0 Å². The largest absolute Gasteiger partial charge is 2.00 e. The molecule has 2 aromatic carbocycles. The van der Waals surface area contributed by atoms with Crippen LogP contribution in [0.3, 0.4) is 0 Å². The van der Waals surface area contributed by atoms with Crippen molar-refractivity contribution in [2.75, 3.05) is 38.0 Å². The Bertz CT molecular complexity index is 524. The second kappa shape index (κ2) is 12.1. The smallest absolute Gasteiger partial charge is 0.428 e. The molecule has 7 heteroatoms. The Kier molecular flexibility index (Phi) is 12.0. The number of benzene rings is 2. The van der Waals surface area contributed by atoms with E-state index in [0.717, 1.165) is 31.7 Å². The maximum Gasteiger partial charge on any atom is 2.00 e. The zero-order valence-electron chi connectivity index (χ0n) is 14.6. The van der Waals surface area contributed by atoms with Crippen molar-refractivity contribution in [3.63, 3.8) is 0 Å². The van der Waals surface area contributed by atoms with Gasteiger partial charge in [-0.15, -0.1) is 23.3 Å². The predicted molar refractivity (Wildman–Crippen MR) is 122 cm³/mol. The molecule has 0 aromatic heterocycles. The Morgan fingerprint density at radius 2 is 0.880 bits per heavy atom. The average molecular weight is 455 g/mol. The topological polar surface area (TPSA) is 6.48 Å². The Hall–Kier alpha value is -0.326. The first-order valence-corrected chi connectivity index (χ1v) is 9.07. The Morgan fingerprint density at radius 3 is 1.08 bits per heavy atom. The summed E-state index contributed by atoms with van der Waals surface area (Å²) in [6.45, 7) is 0. The summed E-state index contributed by atoms with van der Waals surface area (Å²) in [6.07, 6.45) is 0. The maximum atomic E-state index is 4.21. The van der Waals surface area contributed by atoms with Gasteiger partial charge in [-0.3, -0.25) is 0 Å². The van der Waals surface area contributed by atoms with Crippen LogP contribution < -0.4 is 9.80 Å². The zero-order chi connectivity index (χ0) is 18.3. The van der Waals surface area contributed by atoms with Crippen molar-refractivity contribution < 1.29 is 16.5 Å². The van der Waals surface area contributed by atoms with Crippen molar-refractivity contribution in [2.45, 2.75) is 0 Å². The second-order valence-corrected chi connectivity index (χ2v) is 7.96. The predicted octanol–water partition coefficient (Wildman–Crippen LogP) is 4.90. The molecule has 0 radical (unpaired) electrons. The fraction of sp³-hybridized carbons (Fsp3) is 0.222. The molecule has 2 aromatic rings. The summed E-state index contributed by atoms with van der Waals surface area (Å²) < 4.78 is 1.50. The van der Waals surface area contributed by atoms with Gasteiger partial charge in [-0.1, -0.05) is 44.8 Å². The van der Waals surface area contributed by atoms with Crippen molar-refractivity contribution >= 4 is 61.9 Å². The molecule has 0 saturated heterocycles. The van der Waals surface area contributed by atoms with Crippen LogP contribution >= 0.6 is 50.5 Å². The van der Waals surface area contributed by atoms with Crippen LogP contribution in [0.1, 0.15) is 11.1 Å². The Balaban J connectivity index is 0.000000443. The minimum Gasteiger partial charge on any atom is -0.428 e. The molecule has 140 valence electrons. The molecular formula is C18H24N2NiS4. The zero-order valence-corrected chi connectivity index (χ0v) is 19.2. The van der Waals surface area contributed by atoms with Crippen molar-refractivity contribution in [3.8, 4) is 0 Å². The van der Waals surface area contributed by atoms with Crippen molar-refractivity contribution in [2.24, 2.45) is 0 Å². The van der Waals surface area contributed by atoms with Crippen LogP contribution in [-0.4, -0.2) is 28.2 Å². The fourth-order valence-electron chi connectivity index (χ4n) is 2.11. The molecule has 2 rings (SSSR count). The summed E-state index contributed by atoms with van der Waals surface area (Å²) in [5, 5.41) is 0. The van der Waals surface area contributed by atoms with E-state index in [1.54, 1.807) is 0 Å². The minimum absolute atomic E-state index is 0. The summed E-state index contributed by atoms with van der Waals surface area (Å²) in [7, 11) is 8.01. The standard InChI is InChI=1S/2C9H12NS2.Ni/c2*1-10(2)8-6-4-3-5-7(8)9(11)12;/h2*3-6,11-12H,1-2H3;/q2*-1;+2. The molecule has 0 heterocycles. The van der Waals surface area contributed by atoms with E-state index < -0.39 is 0 Å². The monoisotopic (exact) mass is 454 g/mol. The third-order valence-electron chi connectivity index (χ3n) is 3.25. The minimum atomic E-state index is 0. The van der Waals surface area contributed by atoms with Gasteiger partial charge >= 0.3 is 16.5 Å². The molecule has 0 aliphatic rings. The first kappa shape index (κ1) is 24.7. The maximum absolute atomic E-state index is 4.21. The van der Waals surface area contributed by atoms with Gasteiger partial charge in [0.15, 0.2) is 0 Å². The van der Waals surface area contributed by atoms with Gasteiger partial charge in [0.25, 0.3) is 0 Å². The van der Waals surface area contributed by atoms with Crippen LogP contribution in [0, 0.1) is 9.16 Å². The van der Waals surface area contributed by atoms with Crippen LogP contribution in [0.2, 0.25) is 0 Å². The number of para-hydroxylation sites is 2. The Labute approximate surface area is 184 Å².